The molecule has 35 heavy (non-hydrogen) atoms. The number of hydrogen-bond donors (Lipinski definition) is 1. The molecular weight excluding hydrogens is 448 g/mol. The molecule has 1 N–H and O–H groups in total. The first kappa shape index (κ1) is 21.6. The summed E-state index contributed by atoms with van der Waals surface area (Å²) in [5.74, 6) is 0. The fourth-order valence-corrected chi connectivity index (χ4v) is 5.35. The number of aryl methyl sites for hydroxylation is 2. The van der Waals surface area contributed by atoms with E-state index in [1.54, 1.807) is 0 Å². The molecule has 1 saturated heterocycles. The van der Waals surface area contributed by atoms with Crippen LogP contribution in [0.15, 0.2) is 103 Å². The van der Waals surface area contributed by atoms with Crippen LogP contribution in [0.1, 0.15) is 34.6 Å². The molecule has 0 saturated carbocycles. The van der Waals surface area contributed by atoms with E-state index in [2.05, 4.69) is 114 Å². The van der Waals surface area contributed by atoms with E-state index in [-0.39, 0.29) is 12.1 Å². The summed E-state index contributed by atoms with van der Waals surface area (Å²) in [7, 11) is 0. The normalized spacial score (nSPS) is 17.7. The van der Waals surface area contributed by atoms with Gasteiger partial charge >= 0.3 is 0 Å². The smallest absolute Gasteiger partial charge is 0.174 e. The highest BCUT2D eigenvalue weighted by Crippen LogP contribution is 2.42. The van der Waals surface area contributed by atoms with Crippen molar-refractivity contribution in [2.24, 2.45) is 0 Å². The molecule has 3 heterocycles. The summed E-state index contributed by atoms with van der Waals surface area (Å²) >= 11 is 5.93. The molecule has 3 aromatic carbocycles. The van der Waals surface area contributed by atoms with Crippen LogP contribution in [-0.2, 0) is 0 Å². The van der Waals surface area contributed by atoms with Crippen LogP contribution >= 0.6 is 12.2 Å². The molecule has 1 aliphatic heterocycles. The lowest BCUT2D eigenvalue weighted by molar-refractivity contribution is 0.549. The van der Waals surface area contributed by atoms with Crippen LogP contribution in [0.25, 0.3) is 16.5 Å². The third-order valence-electron chi connectivity index (χ3n) is 6.96. The number of anilines is 1. The van der Waals surface area contributed by atoms with Gasteiger partial charge in [0.1, 0.15) is 6.04 Å². The number of rotatable bonds is 4. The second kappa shape index (κ2) is 8.67. The second-order valence-electron chi connectivity index (χ2n) is 9.10. The van der Waals surface area contributed by atoms with Crippen molar-refractivity contribution in [1.82, 2.24) is 14.9 Å². The van der Waals surface area contributed by atoms with Gasteiger partial charge in [0, 0.05) is 29.5 Å². The van der Waals surface area contributed by atoms with Gasteiger partial charge in [-0.1, -0.05) is 42.5 Å². The molecule has 1 aliphatic rings. The summed E-state index contributed by atoms with van der Waals surface area (Å²) in [6, 6.07) is 31.8. The maximum Gasteiger partial charge on any atom is 0.174 e. The van der Waals surface area contributed by atoms with Gasteiger partial charge in [0.25, 0.3) is 0 Å². The third-order valence-corrected chi connectivity index (χ3v) is 7.28. The Balaban J connectivity index is 1.52. The van der Waals surface area contributed by atoms with Crippen LogP contribution in [0.4, 0.5) is 5.69 Å². The van der Waals surface area contributed by atoms with Crippen molar-refractivity contribution in [2.75, 3.05) is 4.90 Å². The number of hydrogen-bond acceptors (Lipinski definition) is 2. The Kier molecular flexibility index (Phi) is 5.34. The summed E-state index contributed by atoms with van der Waals surface area (Å²) in [6.45, 7) is 4.28. The minimum absolute atomic E-state index is 0.0685. The molecule has 0 bridgehead atoms. The highest BCUT2D eigenvalue weighted by Gasteiger charge is 2.42. The average molecular weight is 475 g/mol. The SMILES string of the molecule is Cc1ccc(N2C(=S)N[C@@H](c3ccccn3)[C@H]2c2cccn2-c2ccc3ccccc3c2)cc1C. The molecule has 2 atom stereocenters. The van der Waals surface area contributed by atoms with Crippen LogP contribution in [-0.4, -0.2) is 14.7 Å². The average Bonchev–Trinajstić information content (AvgIpc) is 3.50. The number of nitrogens with one attached hydrogen (secondary N) is 1. The van der Waals surface area contributed by atoms with Gasteiger partial charge in [-0.05, 0) is 96.5 Å². The molecule has 1 fully saturated rings. The van der Waals surface area contributed by atoms with Gasteiger partial charge in [0.2, 0.25) is 0 Å². The Morgan fingerprint density at radius 2 is 1.57 bits per heavy atom. The van der Waals surface area contributed by atoms with Gasteiger partial charge in [0.05, 0.1) is 11.7 Å². The molecule has 4 nitrogen and oxygen atoms in total. The molecule has 0 unspecified atom stereocenters. The van der Waals surface area contributed by atoms with E-state index in [4.69, 9.17) is 17.2 Å². The van der Waals surface area contributed by atoms with E-state index in [1.807, 2.05) is 18.3 Å². The van der Waals surface area contributed by atoms with Crippen molar-refractivity contribution >= 4 is 33.8 Å². The topological polar surface area (TPSA) is 33.1 Å². The minimum Gasteiger partial charge on any atom is -0.351 e. The van der Waals surface area contributed by atoms with Crippen LogP contribution < -0.4 is 10.2 Å². The Morgan fingerprint density at radius 3 is 2.37 bits per heavy atom. The Hall–Kier alpha value is -3.96. The van der Waals surface area contributed by atoms with Gasteiger partial charge in [0.15, 0.2) is 5.11 Å². The van der Waals surface area contributed by atoms with Crippen molar-refractivity contribution in [3.63, 3.8) is 0 Å². The summed E-state index contributed by atoms with van der Waals surface area (Å²) in [6.07, 6.45) is 3.98. The molecule has 5 aromatic rings. The summed E-state index contributed by atoms with van der Waals surface area (Å²) < 4.78 is 2.27. The van der Waals surface area contributed by atoms with E-state index in [1.165, 1.54) is 21.9 Å². The monoisotopic (exact) mass is 474 g/mol. The van der Waals surface area contributed by atoms with Gasteiger partial charge in [-0.25, -0.2) is 0 Å². The van der Waals surface area contributed by atoms with E-state index in [9.17, 15) is 0 Å². The molecule has 0 amide bonds. The highest BCUT2D eigenvalue weighted by atomic mass is 32.1. The molecule has 0 aliphatic carbocycles. The summed E-state index contributed by atoms with van der Waals surface area (Å²) in [4.78, 5) is 6.94. The predicted octanol–water partition coefficient (Wildman–Crippen LogP) is 6.82. The molecule has 0 spiro atoms. The zero-order valence-electron chi connectivity index (χ0n) is 19.7. The number of thiocarbonyl (C=S) groups is 1. The van der Waals surface area contributed by atoms with Gasteiger partial charge in [-0.15, -0.1) is 0 Å². The molecule has 5 heteroatoms. The second-order valence-corrected chi connectivity index (χ2v) is 9.49. The molecule has 2 aromatic heterocycles. The van der Waals surface area contributed by atoms with Crippen LogP contribution in [0.5, 0.6) is 0 Å². The van der Waals surface area contributed by atoms with Crippen molar-refractivity contribution in [2.45, 2.75) is 25.9 Å². The van der Waals surface area contributed by atoms with E-state index in [0.717, 1.165) is 22.8 Å². The third kappa shape index (κ3) is 3.78. The number of benzene rings is 3. The lowest BCUT2D eigenvalue weighted by atomic mass is 10.00. The van der Waals surface area contributed by atoms with Crippen molar-refractivity contribution < 1.29 is 0 Å². The minimum atomic E-state index is -0.0839. The highest BCUT2D eigenvalue weighted by molar-refractivity contribution is 7.80. The number of nitrogens with zero attached hydrogens (tertiary/aromatic N) is 3. The maximum atomic E-state index is 5.93. The predicted molar refractivity (Wildman–Crippen MR) is 147 cm³/mol. The van der Waals surface area contributed by atoms with Gasteiger partial charge in [-0.3, -0.25) is 4.98 Å². The molecular formula is C30H26N4S. The van der Waals surface area contributed by atoms with Crippen molar-refractivity contribution in [3.8, 4) is 5.69 Å². The Bertz CT molecular complexity index is 1540. The first-order valence-corrected chi connectivity index (χ1v) is 12.3. The first-order valence-electron chi connectivity index (χ1n) is 11.8. The maximum absolute atomic E-state index is 5.93. The Labute approximate surface area is 210 Å². The van der Waals surface area contributed by atoms with Crippen LogP contribution in [0.3, 0.4) is 0 Å². The van der Waals surface area contributed by atoms with E-state index >= 15 is 0 Å². The number of aromatic nitrogens is 2. The van der Waals surface area contributed by atoms with Crippen molar-refractivity contribution in [3.05, 3.63) is 126 Å². The van der Waals surface area contributed by atoms with Gasteiger partial charge < -0.3 is 14.8 Å². The fraction of sp³-hybridized carbons (Fsp3) is 0.133. The quantitative estimate of drug-likeness (QED) is 0.290. The summed E-state index contributed by atoms with van der Waals surface area (Å²) in [5.41, 5.74) is 6.85. The van der Waals surface area contributed by atoms with Crippen LogP contribution in [0.2, 0.25) is 0 Å². The largest absolute Gasteiger partial charge is 0.351 e. The lowest BCUT2D eigenvalue weighted by Crippen LogP contribution is -2.30. The lowest BCUT2D eigenvalue weighted by Gasteiger charge is -2.29. The molecule has 0 radical (unpaired) electrons. The first-order chi connectivity index (χ1) is 17.1. The van der Waals surface area contributed by atoms with Crippen LogP contribution in [0, 0.1) is 13.8 Å². The van der Waals surface area contributed by atoms with E-state index in [0.29, 0.717) is 5.11 Å². The molecule has 6 rings (SSSR count). The van der Waals surface area contributed by atoms with Gasteiger partial charge in [-0.2, -0.15) is 0 Å². The number of fused-ring (bicyclic) bond motifs is 1. The zero-order chi connectivity index (χ0) is 23.9. The summed E-state index contributed by atoms with van der Waals surface area (Å²) in [5, 5.41) is 6.74. The molecule has 172 valence electrons. The number of pyridine rings is 1. The zero-order valence-corrected chi connectivity index (χ0v) is 20.5. The fourth-order valence-electron chi connectivity index (χ4n) is 5.01. The Morgan fingerprint density at radius 1 is 0.771 bits per heavy atom. The van der Waals surface area contributed by atoms with E-state index < -0.39 is 0 Å². The van der Waals surface area contributed by atoms with Crippen molar-refractivity contribution in [1.29, 1.82) is 0 Å². The standard InChI is InChI=1S/C30H26N4S/c1-20-12-14-25(18-21(20)2)34-29(28(32-30(34)35)26-10-5-6-16-31-26)27-11-7-17-33(27)24-15-13-22-8-3-4-9-23(22)19-24/h3-19,28-29H,1-2H3,(H,32,35)/t28-,29+/m0/s1.